The SMILES string of the molecule is CSCc1ccc(C(=O)N2CCCCC2CCO)o1. The Morgan fingerprint density at radius 3 is 3.11 bits per heavy atom. The van der Waals surface area contributed by atoms with Crippen LogP contribution in [0.4, 0.5) is 0 Å². The summed E-state index contributed by atoms with van der Waals surface area (Å²) in [7, 11) is 0. The largest absolute Gasteiger partial charge is 0.455 e. The zero-order valence-electron chi connectivity index (χ0n) is 11.3. The number of hydrogen-bond donors (Lipinski definition) is 1. The number of aliphatic hydroxyl groups is 1. The maximum atomic E-state index is 12.4. The van der Waals surface area contributed by atoms with Crippen molar-refractivity contribution in [3.05, 3.63) is 23.7 Å². The average molecular weight is 283 g/mol. The van der Waals surface area contributed by atoms with Crippen molar-refractivity contribution in [2.24, 2.45) is 0 Å². The van der Waals surface area contributed by atoms with Crippen LogP contribution >= 0.6 is 11.8 Å². The third-order valence-electron chi connectivity index (χ3n) is 3.51. The zero-order chi connectivity index (χ0) is 13.7. The molecular weight excluding hydrogens is 262 g/mol. The van der Waals surface area contributed by atoms with Crippen LogP contribution < -0.4 is 0 Å². The van der Waals surface area contributed by atoms with Gasteiger partial charge in [0.05, 0.1) is 5.75 Å². The van der Waals surface area contributed by atoms with Crippen LogP contribution in [0, 0.1) is 0 Å². The Morgan fingerprint density at radius 2 is 2.37 bits per heavy atom. The Bertz CT molecular complexity index is 417. The molecule has 1 aliphatic heterocycles. The molecule has 1 aromatic rings. The normalized spacial score (nSPS) is 19.7. The van der Waals surface area contributed by atoms with Gasteiger partial charge in [-0.1, -0.05) is 0 Å². The van der Waals surface area contributed by atoms with Crippen LogP contribution in [0.25, 0.3) is 0 Å². The molecule has 1 amide bonds. The van der Waals surface area contributed by atoms with Gasteiger partial charge in [-0.2, -0.15) is 11.8 Å². The molecule has 0 aliphatic carbocycles. The number of amides is 1. The highest BCUT2D eigenvalue weighted by molar-refractivity contribution is 7.97. The van der Waals surface area contributed by atoms with Crippen molar-refractivity contribution in [3.63, 3.8) is 0 Å². The number of rotatable bonds is 5. The molecule has 1 aromatic heterocycles. The molecule has 1 unspecified atom stereocenters. The number of aliphatic hydroxyl groups excluding tert-OH is 1. The highest BCUT2D eigenvalue weighted by Crippen LogP contribution is 2.23. The molecule has 0 spiro atoms. The second-order valence-electron chi connectivity index (χ2n) is 4.86. The van der Waals surface area contributed by atoms with Crippen LogP contribution in [0.1, 0.15) is 42.0 Å². The third-order valence-corrected chi connectivity index (χ3v) is 4.08. The summed E-state index contributed by atoms with van der Waals surface area (Å²) in [6, 6.07) is 3.79. The van der Waals surface area contributed by atoms with E-state index in [0.717, 1.165) is 37.3 Å². The lowest BCUT2D eigenvalue weighted by atomic mass is 9.99. The molecule has 0 aromatic carbocycles. The highest BCUT2D eigenvalue weighted by Gasteiger charge is 2.28. The molecule has 1 N–H and O–H groups in total. The standard InChI is InChI=1S/C14H21NO3S/c1-19-10-12-5-6-13(18-12)14(17)15-8-3-2-4-11(15)7-9-16/h5-6,11,16H,2-4,7-10H2,1H3. The number of thioether (sulfide) groups is 1. The lowest BCUT2D eigenvalue weighted by Crippen LogP contribution is -2.44. The van der Waals surface area contributed by atoms with Crippen molar-refractivity contribution in [1.29, 1.82) is 0 Å². The van der Waals surface area contributed by atoms with Crippen LogP contribution in [0.5, 0.6) is 0 Å². The number of furan rings is 1. The number of nitrogens with zero attached hydrogens (tertiary/aromatic N) is 1. The second kappa shape index (κ2) is 7.01. The Balaban J connectivity index is 2.07. The van der Waals surface area contributed by atoms with Gasteiger partial charge in [-0.3, -0.25) is 4.79 Å². The van der Waals surface area contributed by atoms with Crippen molar-refractivity contribution in [3.8, 4) is 0 Å². The molecule has 5 heteroatoms. The van der Waals surface area contributed by atoms with Crippen molar-refractivity contribution in [2.45, 2.75) is 37.5 Å². The van der Waals surface area contributed by atoms with Gasteiger partial charge in [0.2, 0.25) is 0 Å². The van der Waals surface area contributed by atoms with Crippen molar-refractivity contribution in [1.82, 2.24) is 4.90 Å². The fraction of sp³-hybridized carbons (Fsp3) is 0.643. The molecule has 0 radical (unpaired) electrons. The van der Waals surface area contributed by atoms with E-state index in [2.05, 4.69) is 0 Å². The number of carbonyl (C=O) groups excluding carboxylic acids is 1. The lowest BCUT2D eigenvalue weighted by molar-refractivity contribution is 0.0541. The lowest BCUT2D eigenvalue weighted by Gasteiger charge is -2.34. The van der Waals surface area contributed by atoms with Gasteiger partial charge in [0, 0.05) is 19.2 Å². The predicted octanol–water partition coefficient (Wildman–Crippen LogP) is 2.52. The van der Waals surface area contributed by atoms with E-state index < -0.39 is 0 Å². The maximum Gasteiger partial charge on any atom is 0.289 e. The predicted molar refractivity (Wildman–Crippen MR) is 76.3 cm³/mol. The van der Waals surface area contributed by atoms with E-state index in [1.807, 2.05) is 17.2 Å². The van der Waals surface area contributed by atoms with E-state index in [1.165, 1.54) is 0 Å². The Morgan fingerprint density at radius 1 is 1.53 bits per heavy atom. The van der Waals surface area contributed by atoms with Crippen LogP contribution in [0.2, 0.25) is 0 Å². The van der Waals surface area contributed by atoms with Crippen molar-refractivity contribution >= 4 is 17.7 Å². The monoisotopic (exact) mass is 283 g/mol. The van der Waals surface area contributed by atoms with Gasteiger partial charge in [-0.25, -0.2) is 0 Å². The Labute approximate surface area is 118 Å². The van der Waals surface area contributed by atoms with E-state index in [4.69, 9.17) is 9.52 Å². The van der Waals surface area contributed by atoms with Crippen LogP contribution in [-0.4, -0.2) is 41.4 Å². The molecule has 19 heavy (non-hydrogen) atoms. The van der Waals surface area contributed by atoms with Gasteiger partial charge < -0.3 is 14.4 Å². The topological polar surface area (TPSA) is 53.7 Å². The van der Waals surface area contributed by atoms with Gasteiger partial charge in [-0.15, -0.1) is 0 Å². The third kappa shape index (κ3) is 3.54. The summed E-state index contributed by atoms with van der Waals surface area (Å²) in [5.41, 5.74) is 0. The maximum absolute atomic E-state index is 12.4. The van der Waals surface area contributed by atoms with Crippen LogP contribution in [-0.2, 0) is 5.75 Å². The minimum atomic E-state index is -0.0366. The fourth-order valence-electron chi connectivity index (χ4n) is 2.57. The first-order valence-electron chi connectivity index (χ1n) is 6.75. The second-order valence-corrected chi connectivity index (χ2v) is 5.73. The Hall–Kier alpha value is -0.940. The highest BCUT2D eigenvalue weighted by atomic mass is 32.2. The van der Waals surface area contributed by atoms with Gasteiger partial charge in [0.1, 0.15) is 5.76 Å². The van der Waals surface area contributed by atoms with Gasteiger partial charge in [-0.05, 0) is 44.1 Å². The van der Waals surface area contributed by atoms with E-state index in [1.54, 1.807) is 17.8 Å². The van der Waals surface area contributed by atoms with Crippen LogP contribution in [0.3, 0.4) is 0 Å². The molecule has 1 saturated heterocycles. The molecule has 0 saturated carbocycles. The summed E-state index contributed by atoms with van der Waals surface area (Å²) < 4.78 is 5.59. The number of piperidine rings is 1. The van der Waals surface area contributed by atoms with E-state index in [-0.39, 0.29) is 18.6 Å². The zero-order valence-corrected chi connectivity index (χ0v) is 12.1. The van der Waals surface area contributed by atoms with E-state index >= 15 is 0 Å². The number of hydrogen-bond acceptors (Lipinski definition) is 4. The summed E-state index contributed by atoms with van der Waals surface area (Å²) in [6.45, 7) is 0.895. The molecule has 2 heterocycles. The minimum Gasteiger partial charge on any atom is -0.455 e. The molecule has 1 fully saturated rings. The Kier molecular flexibility index (Phi) is 5.34. The molecule has 4 nitrogen and oxygen atoms in total. The van der Waals surface area contributed by atoms with Crippen molar-refractivity contribution in [2.75, 3.05) is 19.4 Å². The van der Waals surface area contributed by atoms with Crippen LogP contribution in [0.15, 0.2) is 16.5 Å². The molecule has 2 rings (SSSR count). The number of likely N-dealkylation sites (tertiary alicyclic amines) is 1. The molecular formula is C14H21NO3S. The summed E-state index contributed by atoms with van der Waals surface area (Å²) in [5.74, 6) is 2.01. The average Bonchev–Trinajstić information content (AvgIpc) is 2.88. The summed E-state index contributed by atoms with van der Waals surface area (Å²) in [5, 5.41) is 9.10. The first kappa shape index (κ1) is 14.5. The first-order chi connectivity index (χ1) is 9.26. The molecule has 1 aliphatic rings. The molecule has 106 valence electrons. The van der Waals surface area contributed by atoms with Crippen molar-refractivity contribution < 1.29 is 14.3 Å². The van der Waals surface area contributed by atoms with E-state index in [9.17, 15) is 4.79 Å². The fourth-order valence-corrected chi connectivity index (χ4v) is 3.01. The molecule has 0 bridgehead atoms. The van der Waals surface area contributed by atoms with Gasteiger partial charge in [0.25, 0.3) is 5.91 Å². The van der Waals surface area contributed by atoms with Gasteiger partial charge in [0.15, 0.2) is 5.76 Å². The summed E-state index contributed by atoms with van der Waals surface area (Å²) in [6.07, 6.45) is 5.80. The van der Waals surface area contributed by atoms with E-state index in [0.29, 0.717) is 12.2 Å². The summed E-state index contributed by atoms with van der Waals surface area (Å²) in [4.78, 5) is 14.3. The molecule has 1 atom stereocenters. The minimum absolute atomic E-state index is 0.0366. The first-order valence-corrected chi connectivity index (χ1v) is 8.15. The van der Waals surface area contributed by atoms with Gasteiger partial charge >= 0.3 is 0 Å². The quantitative estimate of drug-likeness (QED) is 0.902. The smallest absolute Gasteiger partial charge is 0.289 e. The summed E-state index contributed by atoms with van der Waals surface area (Å²) >= 11 is 1.67. The number of carbonyl (C=O) groups is 1.